The molecule has 8 N–H and O–H groups in total. The summed E-state index contributed by atoms with van der Waals surface area (Å²) in [6.45, 7) is 9.38. The molecule has 2 saturated heterocycles. The molecule has 0 radical (unpaired) electrons. The quantitative estimate of drug-likeness (QED) is 0.113. The molecule has 4 aliphatic rings. The third-order valence-electron chi connectivity index (χ3n) is 10.9. The number of carbonyl (C=O) groups excluding carboxylic acids is 1. The van der Waals surface area contributed by atoms with Crippen LogP contribution in [0.4, 0.5) is 0 Å². The average Bonchev–Trinajstić information content (AvgIpc) is 3.00. The number of ether oxygens (including phenoxy) is 4. The van der Waals surface area contributed by atoms with Crippen molar-refractivity contribution in [1.29, 1.82) is 0 Å². The Hall–Kier alpha value is -1.49. The minimum absolute atomic E-state index is 0.0505. The van der Waals surface area contributed by atoms with Crippen molar-refractivity contribution in [2.75, 3.05) is 19.8 Å². The summed E-state index contributed by atoms with van der Waals surface area (Å²) in [6.07, 6.45) is -7.11. The standard InChI is InChI=1S/C32H52O13/c1-16(10-13-42-28-26(39)24(37)22(35)19(14-33)43-28)6-8-18-17(2)7-9-21-31(18,3)11-5-12-32(21,4)30(41)45-29-27(40)25(38)23(36)20(15-34)44-29/h10,18-29,33-40H,2,5-9,11-15H2,1,3-4H3. The monoisotopic (exact) mass is 644 g/mol. The first-order valence-corrected chi connectivity index (χ1v) is 16.0. The summed E-state index contributed by atoms with van der Waals surface area (Å²) in [5, 5.41) is 79.8. The van der Waals surface area contributed by atoms with Gasteiger partial charge in [-0.2, -0.15) is 0 Å². The molecule has 14 atom stereocenters. The van der Waals surface area contributed by atoms with Crippen molar-refractivity contribution in [1.82, 2.24) is 0 Å². The van der Waals surface area contributed by atoms with E-state index in [-0.39, 0.29) is 23.9 Å². The normalized spacial score (nSPS) is 46.0. The zero-order chi connectivity index (χ0) is 33.3. The van der Waals surface area contributed by atoms with Crippen LogP contribution in [0, 0.1) is 22.7 Å². The van der Waals surface area contributed by atoms with Crippen LogP contribution >= 0.6 is 0 Å². The molecule has 45 heavy (non-hydrogen) atoms. The van der Waals surface area contributed by atoms with E-state index in [0.29, 0.717) is 6.42 Å². The first-order valence-electron chi connectivity index (χ1n) is 16.0. The first kappa shape index (κ1) is 36.3. The summed E-state index contributed by atoms with van der Waals surface area (Å²) in [5.74, 6) is -0.480. The lowest BCUT2D eigenvalue weighted by Gasteiger charge is -2.58. The third-order valence-corrected chi connectivity index (χ3v) is 10.9. The molecule has 2 saturated carbocycles. The van der Waals surface area contributed by atoms with Crippen LogP contribution in [-0.4, -0.2) is 128 Å². The van der Waals surface area contributed by atoms with Gasteiger partial charge in [-0.05, 0) is 69.6 Å². The highest BCUT2D eigenvalue weighted by Gasteiger charge is 2.59. The van der Waals surface area contributed by atoms with E-state index in [2.05, 4.69) is 13.5 Å². The second-order valence-electron chi connectivity index (χ2n) is 13.8. The lowest BCUT2D eigenvalue weighted by Crippen LogP contribution is -2.61. The highest BCUT2D eigenvalue weighted by molar-refractivity contribution is 5.77. The Morgan fingerprint density at radius 1 is 0.911 bits per heavy atom. The number of hydrogen-bond acceptors (Lipinski definition) is 13. The molecule has 4 rings (SSSR count). The van der Waals surface area contributed by atoms with Crippen molar-refractivity contribution in [2.24, 2.45) is 22.7 Å². The van der Waals surface area contributed by atoms with Crippen LogP contribution in [0.5, 0.6) is 0 Å². The van der Waals surface area contributed by atoms with Crippen molar-refractivity contribution >= 4 is 5.97 Å². The molecule has 13 nitrogen and oxygen atoms in total. The molecular weight excluding hydrogens is 592 g/mol. The molecule has 2 aliphatic carbocycles. The van der Waals surface area contributed by atoms with Gasteiger partial charge in [-0.3, -0.25) is 4.79 Å². The fourth-order valence-corrected chi connectivity index (χ4v) is 8.10. The average molecular weight is 645 g/mol. The maximum atomic E-state index is 13.8. The van der Waals surface area contributed by atoms with Gasteiger partial charge in [0, 0.05) is 0 Å². The fraction of sp³-hybridized carbons (Fsp3) is 0.844. The van der Waals surface area contributed by atoms with Crippen LogP contribution in [0.2, 0.25) is 0 Å². The number of aliphatic hydroxyl groups is 8. The second kappa shape index (κ2) is 14.7. The predicted octanol–water partition coefficient (Wildman–Crippen LogP) is -0.349. The van der Waals surface area contributed by atoms with Crippen LogP contribution < -0.4 is 0 Å². The van der Waals surface area contributed by atoms with Crippen molar-refractivity contribution in [3.63, 3.8) is 0 Å². The summed E-state index contributed by atoms with van der Waals surface area (Å²) in [7, 11) is 0. The molecule has 2 aliphatic heterocycles. The number of aliphatic hydroxyl groups excluding tert-OH is 8. The van der Waals surface area contributed by atoms with Crippen molar-refractivity contribution in [3.8, 4) is 0 Å². The Morgan fingerprint density at radius 2 is 1.49 bits per heavy atom. The smallest absolute Gasteiger partial charge is 0.314 e. The van der Waals surface area contributed by atoms with Crippen molar-refractivity contribution < 1.29 is 64.6 Å². The topological polar surface area (TPSA) is 216 Å². The Morgan fingerprint density at radius 3 is 2.09 bits per heavy atom. The molecule has 0 aromatic heterocycles. The fourth-order valence-electron chi connectivity index (χ4n) is 8.10. The minimum Gasteiger partial charge on any atom is -0.432 e. The second-order valence-corrected chi connectivity index (χ2v) is 13.8. The number of fused-ring (bicyclic) bond motifs is 1. The van der Waals surface area contributed by atoms with E-state index in [1.165, 1.54) is 0 Å². The molecule has 2 heterocycles. The van der Waals surface area contributed by atoms with Gasteiger partial charge in [0.25, 0.3) is 0 Å². The van der Waals surface area contributed by atoms with Crippen LogP contribution in [0.1, 0.15) is 65.7 Å². The van der Waals surface area contributed by atoms with Gasteiger partial charge in [-0.1, -0.05) is 37.1 Å². The number of allylic oxidation sites excluding steroid dienone is 2. The maximum Gasteiger partial charge on any atom is 0.314 e. The van der Waals surface area contributed by atoms with E-state index < -0.39 is 86.0 Å². The van der Waals surface area contributed by atoms with Gasteiger partial charge in [0.05, 0.1) is 25.2 Å². The van der Waals surface area contributed by atoms with E-state index in [0.717, 1.165) is 49.7 Å². The lowest BCUT2D eigenvalue weighted by molar-refractivity contribution is -0.298. The zero-order valence-corrected chi connectivity index (χ0v) is 26.4. The number of esters is 1. The number of carbonyl (C=O) groups is 1. The van der Waals surface area contributed by atoms with Gasteiger partial charge in [-0.25, -0.2) is 0 Å². The van der Waals surface area contributed by atoms with Crippen LogP contribution in [0.3, 0.4) is 0 Å². The van der Waals surface area contributed by atoms with Crippen molar-refractivity contribution in [2.45, 2.75) is 127 Å². The molecule has 13 heteroatoms. The van der Waals surface area contributed by atoms with Gasteiger partial charge >= 0.3 is 5.97 Å². The Kier molecular flexibility index (Phi) is 11.9. The van der Waals surface area contributed by atoms with Gasteiger partial charge < -0.3 is 59.8 Å². The summed E-state index contributed by atoms with van der Waals surface area (Å²) in [5.41, 5.74) is 1.00. The highest BCUT2D eigenvalue weighted by Crippen LogP contribution is 2.62. The molecule has 4 fully saturated rings. The van der Waals surface area contributed by atoms with Crippen LogP contribution in [0.25, 0.3) is 0 Å². The Bertz CT molecular complexity index is 1060. The Labute approximate surface area is 264 Å². The summed E-state index contributed by atoms with van der Waals surface area (Å²) < 4.78 is 22.1. The van der Waals surface area contributed by atoms with Gasteiger partial charge in [0.15, 0.2) is 6.29 Å². The van der Waals surface area contributed by atoms with Gasteiger partial charge in [-0.15, -0.1) is 0 Å². The number of rotatable bonds is 10. The molecule has 0 aromatic rings. The van der Waals surface area contributed by atoms with E-state index in [1.54, 1.807) is 0 Å². The molecular formula is C32H52O13. The first-order chi connectivity index (χ1) is 21.2. The lowest BCUT2D eigenvalue weighted by atomic mass is 9.46. The molecule has 0 aromatic carbocycles. The molecule has 0 amide bonds. The summed E-state index contributed by atoms with van der Waals surface area (Å²) in [4.78, 5) is 13.8. The van der Waals surface area contributed by atoms with E-state index in [4.69, 9.17) is 18.9 Å². The highest BCUT2D eigenvalue weighted by atomic mass is 16.7. The van der Waals surface area contributed by atoms with E-state index in [1.807, 2.05) is 19.9 Å². The number of hydrogen-bond donors (Lipinski definition) is 8. The van der Waals surface area contributed by atoms with E-state index in [9.17, 15) is 45.6 Å². The van der Waals surface area contributed by atoms with Crippen LogP contribution in [-0.2, 0) is 23.7 Å². The molecule has 0 spiro atoms. The predicted molar refractivity (Wildman–Crippen MR) is 158 cm³/mol. The molecule has 258 valence electrons. The molecule has 0 bridgehead atoms. The van der Waals surface area contributed by atoms with Gasteiger partial charge in [0.2, 0.25) is 6.29 Å². The summed E-state index contributed by atoms with van der Waals surface area (Å²) >= 11 is 0. The molecule has 14 unspecified atom stereocenters. The van der Waals surface area contributed by atoms with Crippen molar-refractivity contribution in [3.05, 3.63) is 23.8 Å². The van der Waals surface area contributed by atoms with Crippen LogP contribution in [0.15, 0.2) is 23.8 Å². The zero-order valence-electron chi connectivity index (χ0n) is 26.4. The SMILES string of the molecule is C=C1CCC2C(C)(C(=O)OC3OC(CO)C(O)C(O)C3O)CCCC2(C)C1CCC(C)=CCOC1OC(CO)C(O)C(O)C1O. The van der Waals surface area contributed by atoms with E-state index >= 15 is 0 Å². The maximum absolute atomic E-state index is 13.8. The van der Waals surface area contributed by atoms with Gasteiger partial charge in [0.1, 0.15) is 48.8 Å². The minimum atomic E-state index is -1.66. The third kappa shape index (κ3) is 7.19. The summed E-state index contributed by atoms with van der Waals surface area (Å²) in [6, 6.07) is 0. The largest absolute Gasteiger partial charge is 0.432 e. The Balaban J connectivity index is 1.39.